The molecule has 0 radical (unpaired) electrons. The fraction of sp³-hybridized carbons (Fsp3) is 1.00. The second-order valence-electron chi connectivity index (χ2n) is 5.97. The van der Waals surface area contributed by atoms with Gasteiger partial charge >= 0.3 is 0 Å². The van der Waals surface area contributed by atoms with Gasteiger partial charge in [0.05, 0.1) is 0 Å². The largest absolute Gasteiger partial charge is 0.382 e. The van der Waals surface area contributed by atoms with E-state index in [1.807, 2.05) is 0 Å². The highest BCUT2D eigenvalue weighted by atomic mass is 16.5. The van der Waals surface area contributed by atoms with Crippen molar-refractivity contribution in [3.05, 3.63) is 0 Å². The SMILES string of the molecule is CCOCCCNCC(C)N(CC1CC1)C1CC1. The van der Waals surface area contributed by atoms with Gasteiger partial charge in [0.25, 0.3) is 0 Å². The Morgan fingerprint density at radius 2 is 2.06 bits per heavy atom. The zero-order valence-electron chi connectivity index (χ0n) is 12.2. The van der Waals surface area contributed by atoms with Gasteiger partial charge in [0, 0.05) is 38.4 Å². The van der Waals surface area contributed by atoms with E-state index in [2.05, 4.69) is 24.1 Å². The van der Waals surface area contributed by atoms with Crippen LogP contribution in [0.1, 0.15) is 46.0 Å². The third-order valence-electron chi connectivity index (χ3n) is 4.03. The lowest BCUT2D eigenvalue weighted by molar-refractivity contribution is 0.143. The Labute approximate surface area is 112 Å². The predicted molar refractivity (Wildman–Crippen MR) is 75.9 cm³/mol. The lowest BCUT2D eigenvalue weighted by Gasteiger charge is -2.29. The predicted octanol–water partition coefficient (Wildman–Crippen LogP) is 2.27. The van der Waals surface area contributed by atoms with Crippen molar-refractivity contribution in [1.29, 1.82) is 0 Å². The Balaban J connectivity index is 1.55. The quantitative estimate of drug-likeness (QED) is 0.572. The van der Waals surface area contributed by atoms with Crippen molar-refractivity contribution in [2.24, 2.45) is 5.92 Å². The summed E-state index contributed by atoms with van der Waals surface area (Å²) >= 11 is 0. The minimum atomic E-state index is 0.699. The molecule has 3 heteroatoms. The Morgan fingerprint density at radius 1 is 1.28 bits per heavy atom. The van der Waals surface area contributed by atoms with Gasteiger partial charge in [-0.05, 0) is 58.4 Å². The van der Waals surface area contributed by atoms with Crippen LogP contribution >= 0.6 is 0 Å². The Bertz CT molecular complexity index is 227. The molecule has 3 nitrogen and oxygen atoms in total. The molecule has 0 aromatic rings. The van der Waals surface area contributed by atoms with Crippen LogP contribution < -0.4 is 5.32 Å². The maximum atomic E-state index is 5.35. The van der Waals surface area contributed by atoms with Crippen molar-refractivity contribution in [2.75, 3.05) is 32.8 Å². The summed E-state index contributed by atoms with van der Waals surface area (Å²) in [6, 6.07) is 1.61. The van der Waals surface area contributed by atoms with Crippen LogP contribution in [-0.2, 0) is 4.74 Å². The minimum Gasteiger partial charge on any atom is -0.382 e. The number of nitrogens with zero attached hydrogens (tertiary/aromatic N) is 1. The van der Waals surface area contributed by atoms with Crippen LogP contribution in [0.15, 0.2) is 0 Å². The zero-order chi connectivity index (χ0) is 12.8. The highest BCUT2D eigenvalue weighted by molar-refractivity contribution is 4.91. The van der Waals surface area contributed by atoms with Crippen LogP contribution in [-0.4, -0.2) is 49.8 Å². The van der Waals surface area contributed by atoms with Crippen LogP contribution in [0.3, 0.4) is 0 Å². The van der Waals surface area contributed by atoms with Gasteiger partial charge in [0.15, 0.2) is 0 Å². The Morgan fingerprint density at radius 3 is 2.67 bits per heavy atom. The van der Waals surface area contributed by atoms with E-state index in [0.717, 1.165) is 44.7 Å². The molecule has 18 heavy (non-hydrogen) atoms. The number of rotatable bonds is 11. The summed E-state index contributed by atoms with van der Waals surface area (Å²) in [7, 11) is 0. The summed E-state index contributed by atoms with van der Waals surface area (Å²) in [5, 5.41) is 3.58. The fourth-order valence-corrected chi connectivity index (χ4v) is 2.57. The average Bonchev–Trinajstić information content (AvgIpc) is 3.23. The first kappa shape index (κ1) is 14.3. The van der Waals surface area contributed by atoms with E-state index in [4.69, 9.17) is 4.74 Å². The molecule has 106 valence electrons. The summed E-state index contributed by atoms with van der Waals surface area (Å²) in [6.07, 6.45) is 6.94. The molecular weight excluding hydrogens is 224 g/mol. The third kappa shape index (κ3) is 5.25. The van der Waals surface area contributed by atoms with Gasteiger partial charge < -0.3 is 10.1 Å². The highest BCUT2D eigenvalue weighted by Crippen LogP contribution is 2.35. The number of ether oxygens (including phenoxy) is 1. The molecule has 1 N–H and O–H groups in total. The molecule has 0 aromatic carbocycles. The standard InChI is InChI=1S/C15H30N2O/c1-3-18-10-4-9-16-11-13(2)17(15-7-8-15)12-14-5-6-14/h13-16H,3-12H2,1-2H3. The molecule has 2 aliphatic carbocycles. The number of hydrogen-bond donors (Lipinski definition) is 1. The van der Waals surface area contributed by atoms with Crippen molar-refractivity contribution in [1.82, 2.24) is 10.2 Å². The Hall–Kier alpha value is -0.120. The van der Waals surface area contributed by atoms with Crippen molar-refractivity contribution >= 4 is 0 Å². The maximum absolute atomic E-state index is 5.35. The summed E-state index contributed by atoms with van der Waals surface area (Å²) in [4.78, 5) is 2.76. The van der Waals surface area contributed by atoms with E-state index in [-0.39, 0.29) is 0 Å². The molecule has 2 fully saturated rings. The molecular formula is C15H30N2O. The van der Waals surface area contributed by atoms with E-state index in [9.17, 15) is 0 Å². The van der Waals surface area contributed by atoms with E-state index in [1.54, 1.807) is 0 Å². The first-order valence-corrected chi connectivity index (χ1v) is 7.85. The van der Waals surface area contributed by atoms with Gasteiger partial charge in [-0.3, -0.25) is 4.90 Å². The van der Waals surface area contributed by atoms with E-state index < -0.39 is 0 Å². The van der Waals surface area contributed by atoms with Gasteiger partial charge in [-0.2, -0.15) is 0 Å². The van der Waals surface area contributed by atoms with Gasteiger partial charge in [-0.1, -0.05) is 0 Å². The molecule has 0 aromatic heterocycles. The summed E-state index contributed by atoms with van der Waals surface area (Å²) in [6.45, 7) is 9.75. The average molecular weight is 254 g/mol. The molecule has 1 unspecified atom stereocenters. The van der Waals surface area contributed by atoms with Crippen molar-refractivity contribution in [3.8, 4) is 0 Å². The minimum absolute atomic E-state index is 0.699. The normalized spacial score (nSPS) is 21.5. The monoisotopic (exact) mass is 254 g/mol. The second kappa shape index (κ2) is 7.46. The van der Waals surface area contributed by atoms with Gasteiger partial charge in [0.1, 0.15) is 0 Å². The maximum Gasteiger partial charge on any atom is 0.0477 e. The molecule has 2 aliphatic rings. The van der Waals surface area contributed by atoms with Crippen LogP contribution in [0.5, 0.6) is 0 Å². The lowest BCUT2D eigenvalue weighted by atomic mass is 10.2. The number of nitrogens with one attached hydrogen (secondary N) is 1. The number of hydrogen-bond acceptors (Lipinski definition) is 3. The van der Waals surface area contributed by atoms with E-state index >= 15 is 0 Å². The van der Waals surface area contributed by atoms with Crippen LogP contribution in [0.4, 0.5) is 0 Å². The third-order valence-corrected chi connectivity index (χ3v) is 4.03. The summed E-state index contributed by atoms with van der Waals surface area (Å²) < 4.78 is 5.35. The van der Waals surface area contributed by atoms with Gasteiger partial charge in [0.2, 0.25) is 0 Å². The van der Waals surface area contributed by atoms with Crippen LogP contribution in [0.25, 0.3) is 0 Å². The molecule has 0 amide bonds. The summed E-state index contributed by atoms with van der Waals surface area (Å²) in [5.74, 6) is 1.02. The molecule has 1 atom stereocenters. The van der Waals surface area contributed by atoms with E-state index in [1.165, 1.54) is 32.2 Å². The van der Waals surface area contributed by atoms with Gasteiger partial charge in [-0.25, -0.2) is 0 Å². The van der Waals surface area contributed by atoms with Crippen molar-refractivity contribution < 1.29 is 4.74 Å². The van der Waals surface area contributed by atoms with Crippen molar-refractivity contribution in [2.45, 2.75) is 58.0 Å². The smallest absolute Gasteiger partial charge is 0.0477 e. The molecule has 0 saturated heterocycles. The fourth-order valence-electron chi connectivity index (χ4n) is 2.57. The Kier molecular flexibility index (Phi) is 5.93. The topological polar surface area (TPSA) is 24.5 Å². The lowest BCUT2D eigenvalue weighted by Crippen LogP contribution is -2.43. The van der Waals surface area contributed by atoms with Gasteiger partial charge in [-0.15, -0.1) is 0 Å². The molecule has 2 saturated carbocycles. The molecule has 0 heterocycles. The highest BCUT2D eigenvalue weighted by Gasteiger charge is 2.35. The van der Waals surface area contributed by atoms with E-state index in [0.29, 0.717) is 6.04 Å². The zero-order valence-corrected chi connectivity index (χ0v) is 12.2. The van der Waals surface area contributed by atoms with Crippen LogP contribution in [0, 0.1) is 5.92 Å². The second-order valence-corrected chi connectivity index (χ2v) is 5.97. The molecule has 2 rings (SSSR count). The van der Waals surface area contributed by atoms with Crippen molar-refractivity contribution in [3.63, 3.8) is 0 Å². The molecule has 0 bridgehead atoms. The first-order chi connectivity index (χ1) is 8.81. The molecule has 0 aliphatic heterocycles. The summed E-state index contributed by atoms with van der Waals surface area (Å²) in [5.41, 5.74) is 0. The first-order valence-electron chi connectivity index (χ1n) is 7.85. The molecule has 0 spiro atoms. The van der Waals surface area contributed by atoms with Crippen LogP contribution in [0.2, 0.25) is 0 Å².